The molecule has 0 bridgehead atoms. The molecule has 0 saturated carbocycles. The van der Waals surface area contributed by atoms with Crippen LogP contribution < -0.4 is 5.46 Å². The lowest BCUT2D eigenvalue weighted by atomic mass is 9.77. The number of carbonyl (C=O) groups is 1. The fourth-order valence-electron chi connectivity index (χ4n) is 2.13. The Hall–Kier alpha value is -1.13. The van der Waals surface area contributed by atoms with Crippen molar-refractivity contribution in [2.45, 2.75) is 52.7 Å². The minimum absolute atomic E-state index is 0.0569. The van der Waals surface area contributed by atoms with Crippen molar-refractivity contribution in [3.05, 3.63) is 29.3 Å². The normalized spacial score (nSPS) is 20.6. The van der Waals surface area contributed by atoms with Gasteiger partial charge in [0.2, 0.25) is 0 Å². The largest absolute Gasteiger partial charge is 0.494 e. The third kappa shape index (κ3) is 2.60. The number of ketones is 1. The predicted octanol–water partition coefficient (Wildman–Crippen LogP) is 2.50. The Balaban J connectivity index is 2.37. The number of rotatable bonds is 2. The topological polar surface area (TPSA) is 35.5 Å². The van der Waals surface area contributed by atoms with Crippen molar-refractivity contribution in [1.82, 2.24) is 0 Å². The van der Waals surface area contributed by atoms with Crippen LogP contribution in [-0.4, -0.2) is 24.1 Å². The molecule has 1 aromatic carbocycles. The van der Waals surface area contributed by atoms with Crippen LogP contribution in [0.3, 0.4) is 0 Å². The molecule has 1 heterocycles. The first-order valence-corrected chi connectivity index (χ1v) is 6.60. The fourth-order valence-corrected chi connectivity index (χ4v) is 2.13. The zero-order chi connectivity index (χ0) is 14.4. The average Bonchev–Trinajstić information content (AvgIpc) is 2.47. The first kappa shape index (κ1) is 14.3. The quantitative estimate of drug-likeness (QED) is 0.605. The molecule has 0 amide bonds. The van der Waals surface area contributed by atoms with Gasteiger partial charge >= 0.3 is 7.12 Å². The van der Waals surface area contributed by atoms with Crippen LogP contribution in [0.1, 0.15) is 50.5 Å². The lowest BCUT2D eigenvalue weighted by Gasteiger charge is -2.32. The van der Waals surface area contributed by atoms with E-state index in [1.807, 2.05) is 52.8 Å². The van der Waals surface area contributed by atoms with Gasteiger partial charge in [-0.15, -0.1) is 0 Å². The van der Waals surface area contributed by atoms with Crippen molar-refractivity contribution in [1.29, 1.82) is 0 Å². The molecule has 2 rings (SSSR count). The Labute approximate surface area is 115 Å². The van der Waals surface area contributed by atoms with E-state index in [9.17, 15) is 4.79 Å². The summed E-state index contributed by atoms with van der Waals surface area (Å²) in [5.74, 6) is 0.0569. The molecule has 1 aliphatic heterocycles. The van der Waals surface area contributed by atoms with Gasteiger partial charge in [-0.3, -0.25) is 4.79 Å². The van der Waals surface area contributed by atoms with Gasteiger partial charge in [-0.25, -0.2) is 0 Å². The van der Waals surface area contributed by atoms with Crippen molar-refractivity contribution in [3.8, 4) is 0 Å². The zero-order valence-electron chi connectivity index (χ0n) is 12.5. The molecule has 0 radical (unpaired) electrons. The Bertz CT molecular complexity index is 504. The predicted molar refractivity (Wildman–Crippen MR) is 76.9 cm³/mol. The third-order valence-corrected chi connectivity index (χ3v) is 4.03. The minimum atomic E-state index is -0.414. The van der Waals surface area contributed by atoms with Crippen LogP contribution in [0.5, 0.6) is 0 Å². The summed E-state index contributed by atoms with van der Waals surface area (Å²) < 4.78 is 12.0. The van der Waals surface area contributed by atoms with Gasteiger partial charge in [0.25, 0.3) is 0 Å². The van der Waals surface area contributed by atoms with Gasteiger partial charge in [-0.1, -0.05) is 17.7 Å². The number of benzene rings is 1. The Morgan fingerprint density at radius 3 is 2.05 bits per heavy atom. The lowest BCUT2D eigenvalue weighted by molar-refractivity contribution is 0.00578. The van der Waals surface area contributed by atoms with Crippen LogP contribution in [0, 0.1) is 6.92 Å². The van der Waals surface area contributed by atoms with Gasteiger partial charge in [0.15, 0.2) is 5.78 Å². The summed E-state index contributed by atoms with van der Waals surface area (Å²) >= 11 is 0. The fraction of sp³-hybridized carbons (Fsp3) is 0.533. The molecule has 0 atom stereocenters. The van der Waals surface area contributed by atoms with Crippen LogP contribution in [0.2, 0.25) is 0 Å². The zero-order valence-corrected chi connectivity index (χ0v) is 12.5. The average molecular weight is 260 g/mol. The summed E-state index contributed by atoms with van der Waals surface area (Å²) in [4.78, 5) is 11.5. The second-order valence-corrected chi connectivity index (χ2v) is 6.28. The highest BCUT2D eigenvalue weighted by molar-refractivity contribution is 6.62. The van der Waals surface area contributed by atoms with Crippen LogP contribution in [-0.2, 0) is 9.31 Å². The van der Waals surface area contributed by atoms with Crippen molar-refractivity contribution in [3.63, 3.8) is 0 Å². The van der Waals surface area contributed by atoms with E-state index in [0.717, 1.165) is 11.0 Å². The Morgan fingerprint density at radius 2 is 1.58 bits per heavy atom. The second kappa shape index (κ2) is 4.46. The van der Waals surface area contributed by atoms with Crippen molar-refractivity contribution in [2.24, 2.45) is 0 Å². The number of hydrogen-bond donors (Lipinski definition) is 0. The molecule has 0 unspecified atom stereocenters. The number of hydrogen-bond acceptors (Lipinski definition) is 3. The van der Waals surface area contributed by atoms with Gasteiger partial charge in [0, 0.05) is 5.56 Å². The smallest absolute Gasteiger partial charge is 0.399 e. The molecule has 0 N–H and O–H groups in total. The molecule has 102 valence electrons. The van der Waals surface area contributed by atoms with Gasteiger partial charge in [-0.2, -0.15) is 0 Å². The number of aryl methyl sites for hydroxylation is 1. The molecule has 4 heteroatoms. The summed E-state index contributed by atoms with van der Waals surface area (Å²) in [5.41, 5.74) is 1.92. The van der Waals surface area contributed by atoms with Crippen LogP contribution >= 0.6 is 0 Å². The maximum Gasteiger partial charge on any atom is 0.494 e. The second-order valence-electron chi connectivity index (χ2n) is 6.28. The van der Waals surface area contributed by atoms with Crippen LogP contribution in [0.4, 0.5) is 0 Å². The summed E-state index contributed by atoms with van der Waals surface area (Å²) in [7, 11) is -0.414. The van der Waals surface area contributed by atoms with Gasteiger partial charge in [-0.05, 0) is 53.1 Å². The van der Waals surface area contributed by atoms with E-state index in [1.165, 1.54) is 0 Å². The van der Waals surface area contributed by atoms with Crippen LogP contribution in [0.25, 0.3) is 0 Å². The van der Waals surface area contributed by atoms with Gasteiger partial charge in [0.1, 0.15) is 0 Å². The SMILES string of the molecule is CC(=O)c1cc(C)cc(B2OC(C)(C)C(C)(C)O2)c1. The highest BCUT2D eigenvalue weighted by Crippen LogP contribution is 2.36. The molecule has 0 aromatic heterocycles. The molecule has 0 aliphatic carbocycles. The summed E-state index contributed by atoms with van der Waals surface area (Å²) in [6.45, 7) is 11.6. The molecule has 1 aromatic rings. The molecule has 0 spiro atoms. The standard InChI is InChI=1S/C15H21BO3/c1-10-7-12(11(2)17)9-13(8-10)16-18-14(3,4)15(5,6)19-16/h7-9H,1-6H3. The van der Waals surface area contributed by atoms with Gasteiger partial charge in [0.05, 0.1) is 11.2 Å². The van der Waals surface area contributed by atoms with E-state index in [0.29, 0.717) is 5.56 Å². The van der Waals surface area contributed by atoms with E-state index in [1.54, 1.807) is 6.92 Å². The highest BCUT2D eigenvalue weighted by Gasteiger charge is 2.51. The van der Waals surface area contributed by atoms with Crippen LogP contribution in [0.15, 0.2) is 18.2 Å². The molecular formula is C15H21BO3. The molecule has 1 fully saturated rings. The lowest BCUT2D eigenvalue weighted by Crippen LogP contribution is -2.41. The van der Waals surface area contributed by atoms with E-state index >= 15 is 0 Å². The highest BCUT2D eigenvalue weighted by atomic mass is 16.7. The third-order valence-electron chi connectivity index (χ3n) is 4.03. The monoisotopic (exact) mass is 260 g/mol. The van der Waals surface area contributed by atoms with E-state index in [4.69, 9.17) is 9.31 Å². The van der Waals surface area contributed by atoms with Crippen molar-refractivity contribution >= 4 is 18.4 Å². The Morgan fingerprint density at radius 1 is 1.05 bits per heavy atom. The van der Waals surface area contributed by atoms with E-state index in [-0.39, 0.29) is 17.0 Å². The van der Waals surface area contributed by atoms with E-state index in [2.05, 4.69) is 0 Å². The summed E-state index contributed by atoms with van der Waals surface area (Å²) in [6.07, 6.45) is 0. The number of carbonyl (C=O) groups excluding carboxylic acids is 1. The van der Waals surface area contributed by atoms with Gasteiger partial charge < -0.3 is 9.31 Å². The maximum atomic E-state index is 11.5. The molecule has 1 aliphatic rings. The first-order chi connectivity index (χ1) is 8.62. The van der Waals surface area contributed by atoms with E-state index < -0.39 is 7.12 Å². The minimum Gasteiger partial charge on any atom is -0.399 e. The molecule has 19 heavy (non-hydrogen) atoms. The molecule has 3 nitrogen and oxygen atoms in total. The summed E-state index contributed by atoms with van der Waals surface area (Å²) in [5, 5.41) is 0. The Kier molecular flexibility index (Phi) is 3.35. The number of Topliss-reactive ketones (excluding diaryl/α,β-unsaturated/α-hetero) is 1. The maximum absolute atomic E-state index is 11.5. The molecular weight excluding hydrogens is 239 g/mol. The van der Waals surface area contributed by atoms with Crippen molar-refractivity contribution < 1.29 is 14.1 Å². The first-order valence-electron chi connectivity index (χ1n) is 6.60. The molecule has 1 saturated heterocycles. The van der Waals surface area contributed by atoms with Crippen molar-refractivity contribution in [2.75, 3.05) is 0 Å². The summed E-state index contributed by atoms with van der Waals surface area (Å²) in [6, 6.07) is 5.75.